The van der Waals surface area contributed by atoms with Crippen molar-refractivity contribution < 1.29 is 4.79 Å². The fourth-order valence-electron chi connectivity index (χ4n) is 2.32. The number of guanidine groups is 1. The van der Waals surface area contributed by atoms with Crippen molar-refractivity contribution in [3.05, 3.63) is 60.4 Å². The van der Waals surface area contributed by atoms with Crippen molar-refractivity contribution in [2.45, 2.75) is 19.3 Å². The second-order valence-electron chi connectivity index (χ2n) is 6.32. The summed E-state index contributed by atoms with van der Waals surface area (Å²) in [6.45, 7) is 5.15. The van der Waals surface area contributed by atoms with Crippen molar-refractivity contribution in [3.8, 4) is 0 Å². The fourth-order valence-corrected chi connectivity index (χ4v) is 2.32. The third kappa shape index (κ3) is 5.91. The molecule has 0 saturated carbocycles. The zero-order valence-corrected chi connectivity index (χ0v) is 14.9. The van der Waals surface area contributed by atoms with Gasteiger partial charge >= 0.3 is 0 Å². The molecule has 0 aliphatic rings. The van der Waals surface area contributed by atoms with Crippen LogP contribution in [0.1, 0.15) is 19.4 Å². The average Bonchev–Trinajstić information content (AvgIpc) is 2.63. The summed E-state index contributed by atoms with van der Waals surface area (Å²) in [6, 6.07) is 13.9. The van der Waals surface area contributed by atoms with Gasteiger partial charge in [0.2, 0.25) is 5.91 Å². The number of benzene rings is 1. The molecule has 6 heteroatoms. The Hall–Kier alpha value is -2.89. The monoisotopic (exact) mass is 339 g/mol. The maximum atomic E-state index is 12.0. The van der Waals surface area contributed by atoms with E-state index in [1.807, 2.05) is 18.2 Å². The molecule has 0 saturated heterocycles. The van der Waals surface area contributed by atoms with Crippen LogP contribution < -0.4 is 16.0 Å². The Kier molecular flexibility index (Phi) is 6.51. The van der Waals surface area contributed by atoms with E-state index in [1.54, 1.807) is 31.6 Å². The number of aliphatic imine (C=N–C) groups is 1. The summed E-state index contributed by atoms with van der Waals surface area (Å²) in [4.78, 5) is 20.1. The van der Waals surface area contributed by atoms with Gasteiger partial charge in [0.25, 0.3) is 0 Å². The Labute approximate surface area is 148 Å². The van der Waals surface area contributed by atoms with Crippen LogP contribution in [0.3, 0.4) is 0 Å². The predicted molar refractivity (Wildman–Crippen MR) is 102 cm³/mol. The molecule has 0 unspecified atom stereocenters. The number of anilines is 1. The van der Waals surface area contributed by atoms with E-state index < -0.39 is 0 Å². The Morgan fingerprint density at radius 1 is 1.12 bits per heavy atom. The zero-order chi connectivity index (χ0) is 18.1. The van der Waals surface area contributed by atoms with Gasteiger partial charge in [0.05, 0.1) is 18.4 Å². The van der Waals surface area contributed by atoms with Crippen LogP contribution in [0.15, 0.2) is 59.9 Å². The third-order valence-corrected chi connectivity index (χ3v) is 3.84. The van der Waals surface area contributed by atoms with Crippen LogP contribution in [0, 0.1) is 0 Å². The summed E-state index contributed by atoms with van der Waals surface area (Å²) in [6.07, 6.45) is 3.27. The highest BCUT2D eigenvalue weighted by Gasteiger charge is 2.20. The first kappa shape index (κ1) is 18.4. The van der Waals surface area contributed by atoms with Crippen molar-refractivity contribution >= 4 is 17.6 Å². The second-order valence-corrected chi connectivity index (χ2v) is 6.32. The molecule has 3 N–H and O–H groups in total. The summed E-state index contributed by atoms with van der Waals surface area (Å²) in [7, 11) is 1.68. The molecule has 1 aromatic carbocycles. The number of aromatic nitrogens is 1. The summed E-state index contributed by atoms with van der Waals surface area (Å²) >= 11 is 0. The lowest BCUT2D eigenvalue weighted by Gasteiger charge is -2.26. The van der Waals surface area contributed by atoms with Crippen molar-refractivity contribution in [2.24, 2.45) is 4.99 Å². The van der Waals surface area contributed by atoms with Crippen molar-refractivity contribution in [1.29, 1.82) is 0 Å². The lowest BCUT2D eigenvalue weighted by atomic mass is 9.85. The van der Waals surface area contributed by atoms with Gasteiger partial charge in [0, 0.05) is 25.2 Å². The van der Waals surface area contributed by atoms with E-state index in [0.717, 1.165) is 0 Å². The van der Waals surface area contributed by atoms with Crippen LogP contribution in [-0.4, -0.2) is 37.0 Å². The first-order valence-corrected chi connectivity index (χ1v) is 8.21. The van der Waals surface area contributed by atoms with Gasteiger partial charge in [-0.15, -0.1) is 0 Å². The minimum absolute atomic E-state index is 0.0587. The van der Waals surface area contributed by atoms with E-state index >= 15 is 0 Å². The van der Waals surface area contributed by atoms with Crippen LogP contribution in [0.5, 0.6) is 0 Å². The molecule has 1 aromatic heterocycles. The van der Waals surface area contributed by atoms with Crippen molar-refractivity contribution in [1.82, 2.24) is 15.6 Å². The fraction of sp³-hybridized carbons (Fsp3) is 0.316. The molecule has 0 radical (unpaired) electrons. The lowest BCUT2D eigenvalue weighted by molar-refractivity contribution is -0.115. The van der Waals surface area contributed by atoms with Gasteiger partial charge in [-0.3, -0.25) is 14.8 Å². The number of carbonyl (C=O) groups is 1. The van der Waals surface area contributed by atoms with E-state index in [-0.39, 0.29) is 17.9 Å². The van der Waals surface area contributed by atoms with Gasteiger partial charge in [0.15, 0.2) is 5.96 Å². The Balaban J connectivity index is 1.81. The SMILES string of the molecule is CN=C(NCC(=O)Nc1cccnc1)NCC(C)(C)c1ccccc1. The Morgan fingerprint density at radius 3 is 2.52 bits per heavy atom. The third-order valence-electron chi connectivity index (χ3n) is 3.84. The molecule has 132 valence electrons. The van der Waals surface area contributed by atoms with Gasteiger partial charge < -0.3 is 16.0 Å². The van der Waals surface area contributed by atoms with Crippen LogP contribution >= 0.6 is 0 Å². The smallest absolute Gasteiger partial charge is 0.243 e. The molecule has 0 atom stereocenters. The zero-order valence-electron chi connectivity index (χ0n) is 14.9. The number of hydrogen-bond acceptors (Lipinski definition) is 3. The van der Waals surface area contributed by atoms with Crippen LogP contribution in [0.4, 0.5) is 5.69 Å². The molecular weight excluding hydrogens is 314 g/mol. The van der Waals surface area contributed by atoms with Gasteiger partial charge in [-0.1, -0.05) is 44.2 Å². The average molecular weight is 339 g/mol. The molecule has 1 heterocycles. The van der Waals surface area contributed by atoms with E-state index in [2.05, 4.69) is 51.9 Å². The first-order chi connectivity index (χ1) is 12.0. The number of carbonyl (C=O) groups excluding carboxylic acids is 1. The molecule has 0 aliphatic heterocycles. The molecule has 0 fully saturated rings. The molecule has 0 spiro atoms. The first-order valence-electron chi connectivity index (χ1n) is 8.21. The molecule has 0 aliphatic carbocycles. The quantitative estimate of drug-likeness (QED) is 0.557. The molecule has 2 aromatic rings. The normalized spacial score (nSPS) is 11.7. The highest BCUT2D eigenvalue weighted by atomic mass is 16.1. The maximum Gasteiger partial charge on any atom is 0.243 e. The molecular formula is C19H25N5O. The minimum atomic E-state index is -0.154. The molecule has 2 rings (SSSR count). The molecule has 25 heavy (non-hydrogen) atoms. The van der Waals surface area contributed by atoms with E-state index in [0.29, 0.717) is 18.2 Å². The van der Waals surface area contributed by atoms with Crippen molar-refractivity contribution in [3.63, 3.8) is 0 Å². The predicted octanol–water partition coefficient (Wildman–Crippen LogP) is 2.16. The number of nitrogens with one attached hydrogen (secondary N) is 3. The van der Waals surface area contributed by atoms with Gasteiger partial charge in [-0.25, -0.2) is 0 Å². The molecule has 1 amide bonds. The van der Waals surface area contributed by atoms with Gasteiger partial charge in [-0.05, 0) is 17.7 Å². The molecule has 6 nitrogen and oxygen atoms in total. The number of rotatable bonds is 6. The highest BCUT2D eigenvalue weighted by molar-refractivity contribution is 5.94. The summed E-state index contributed by atoms with van der Waals surface area (Å²) in [5.74, 6) is 0.434. The van der Waals surface area contributed by atoms with Crippen LogP contribution in [0.2, 0.25) is 0 Å². The second kappa shape index (κ2) is 8.82. The van der Waals surface area contributed by atoms with Crippen LogP contribution in [-0.2, 0) is 10.2 Å². The Morgan fingerprint density at radius 2 is 1.88 bits per heavy atom. The largest absolute Gasteiger partial charge is 0.356 e. The van der Waals surface area contributed by atoms with E-state index in [1.165, 1.54) is 5.56 Å². The van der Waals surface area contributed by atoms with E-state index in [9.17, 15) is 4.79 Å². The van der Waals surface area contributed by atoms with Crippen molar-refractivity contribution in [2.75, 3.05) is 25.5 Å². The van der Waals surface area contributed by atoms with Gasteiger partial charge in [-0.2, -0.15) is 0 Å². The number of pyridine rings is 1. The summed E-state index contributed by atoms with van der Waals surface area (Å²) in [5.41, 5.74) is 1.85. The summed E-state index contributed by atoms with van der Waals surface area (Å²) in [5, 5.41) is 9.07. The van der Waals surface area contributed by atoms with Gasteiger partial charge in [0.1, 0.15) is 0 Å². The minimum Gasteiger partial charge on any atom is -0.356 e. The standard InChI is InChI=1S/C19H25N5O/c1-19(2,15-8-5-4-6-9-15)14-23-18(20-3)22-13-17(25)24-16-10-7-11-21-12-16/h4-12H,13-14H2,1-3H3,(H,24,25)(H2,20,22,23). The maximum absolute atomic E-state index is 12.0. The number of amides is 1. The summed E-state index contributed by atoms with van der Waals surface area (Å²) < 4.78 is 0. The highest BCUT2D eigenvalue weighted by Crippen LogP contribution is 2.21. The number of hydrogen-bond donors (Lipinski definition) is 3. The van der Waals surface area contributed by atoms with Crippen LogP contribution in [0.25, 0.3) is 0 Å². The molecule has 0 bridgehead atoms. The lowest BCUT2D eigenvalue weighted by Crippen LogP contribution is -2.45. The number of nitrogens with zero attached hydrogens (tertiary/aromatic N) is 2. The van der Waals surface area contributed by atoms with E-state index in [4.69, 9.17) is 0 Å². The topological polar surface area (TPSA) is 78.4 Å². The Bertz CT molecular complexity index is 698.